The van der Waals surface area contributed by atoms with E-state index >= 15 is 0 Å². The molecule has 24 heavy (non-hydrogen) atoms. The summed E-state index contributed by atoms with van der Waals surface area (Å²) in [6.07, 6.45) is 3.57. The lowest BCUT2D eigenvalue weighted by Gasteiger charge is -2.26. The highest BCUT2D eigenvalue weighted by Gasteiger charge is 2.53. The number of nitrogens with zero attached hydrogens (tertiary/aromatic N) is 5. The average molecular weight is 329 g/mol. The predicted molar refractivity (Wildman–Crippen MR) is 87.6 cm³/mol. The van der Waals surface area contributed by atoms with Crippen LogP contribution in [-0.2, 0) is 0 Å². The molecule has 2 atom stereocenters. The second-order valence-corrected chi connectivity index (χ2v) is 7.55. The van der Waals surface area contributed by atoms with Gasteiger partial charge in [0.15, 0.2) is 0 Å². The Morgan fingerprint density at radius 3 is 2.83 bits per heavy atom. The fourth-order valence-corrected chi connectivity index (χ4v) is 3.80. The van der Waals surface area contributed by atoms with Crippen molar-refractivity contribution in [3.05, 3.63) is 23.8 Å². The maximum Gasteiger partial charge on any atom is 0.272 e. The highest BCUT2D eigenvalue weighted by Crippen LogP contribution is 2.47. The highest BCUT2D eigenvalue weighted by atomic mass is 16.3. The van der Waals surface area contributed by atoms with E-state index < -0.39 is 5.60 Å². The third-order valence-corrected chi connectivity index (χ3v) is 5.45. The Balaban J connectivity index is 1.66. The van der Waals surface area contributed by atoms with Gasteiger partial charge in [-0.05, 0) is 30.7 Å². The standard InChI is InChI=1S/C17H23N5O2/c1-10(2)14-6-13(20-16-18-9-19-22(14)16)15(23)21-7-11(3)17(24,8-21)12-4-5-12/h6,9-12,24H,4-5,7-8H2,1-3H3/t11-,17+/m1/s1. The van der Waals surface area contributed by atoms with E-state index in [-0.39, 0.29) is 17.7 Å². The van der Waals surface area contributed by atoms with E-state index in [2.05, 4.69) is 28.9 Å². The van der Waals surface area contributed by atoms with Crippen molar-refractivity contribution < 1.29 is 9.90 Å². The molecule has 128 valence electrons. The molecule has 1 aliphatic heterocycles. The van der Waals surface area contributed by atoms with Crippen molar-refractivity contribution in [1.82, 2.24) is 24.5 Å². The van der Waals surface area contributed by atoms with Crippen molar-refractivity contribution in [3.63, 3.8) is 0 Å². The SMILES string of the molecule is CC(C)c1cc(C(=O)N2C[C@@H](C)[C@](O)(C3CC3)C2)nc2ncnn12. The van der Waals surface area contributed by atoms with Crippen molar-refractivity contribution in [3.8, 4) is 0 Å². The normalized spacial score (nSPS) is 27.4. The lowest BCUT2D eigenvalue weighted by atomic mass is 9.88. The zero-order valence-corrected chi connectivity index (χ0v) is 14.3. The largest absolute Gasteiger partial charge is 0.387 e. The van der Waals surface area contributed by atoms with Crippen LogP contribution in [0.1, 0.15) is 55.7 Å². The monoisotopic (exact) mass is 329 g/mol. The molecule has 7 heteroatoms. The molecule has 3 heterocycles. The molecule has 2 fully saturated rings. The molecule has 2 aliphatic rings. The number of aliphatic hydroxyl groups is 1. The van der Waals surface area contributed by atoms with E-state index in [1.165, 1.54) is 6.33 Å². The summed E-state index contributed by atoms with van der Waals surface area (Å²) in [5.74, 6) is 0.934. The van der Waals surface area contributed by atoms with Crippen molar-refractivity contribution >= 4 is 11.7 Å². The first-order valence-electron chi connectivity index (χ1n) is 8.62. The molecule has 0 radical (unpaired) electrons. The number of hydrogen-bond donors (Lipinski definition) is 1. The molecular weight excluding hydrogens is 306 g/mol. The zero-order chi connectivity index (χ0) is 17.1. The highest BCUT2D eigenvalue weighted by molar-refractivity contribution is 5.93. The van der Waals surface area contributed by atoms with Gasteiger partial charge in [-0.15, -0.1) is 0 Å². The van der Waals surface area contributed by atoms with Gasteiger partial charge in [0.05, 0.1) is 17.8 Å². The smallest absolute Gasteiger partial charge is 0.272 e. The lowest BCUT2D eigenvalue weighted by Crippen LogP contribution is -2.40. The van der Waals surface area contributed by atoms with Crippen molar-refractivity contribution in [2.24, 2.45) is 11.8 Å². The first-order valence-corrected chi connectivity index (χ1v) is 8.62. The molecule has 1 saturated heterocycles. The fraction of sp³-hybridized carbons (Fsp3) is 0.647. The van der Waals surface area contributed by atoms with Crippen LogP contribution in [0, 0.1) is 11.8 Å². The number of hydrogen-bond acceptors (Lipinski definition) is 5. The van der Waals surface area contributed by atoms with Gasteiger partial charge in [-0.3, -0.25) is 4.79 Å². The van der Waals surface area contributed by atoms with Crippen LogP contribution < -0.4 is 0 Å². The van der Waals surface area contributed by atoms with Crippen molar-refractivity contribution in [2.45, 2.75) is 45.1 Å². The molecular formula is C17H23N5O2. The van der Waals surface area contributed by atoms with Crippen LogP contribution in [0.5, 0.6) is 0 Å². The zero-order valence-electron chi connectivity index (χ0n) is 14.3. The van der Waals surface area contributed by atoms with Gasteiger partial charge in [-0.25, -0.2) is 9.50 Å². The quantitative estimate of drug-likeness (QED) is 0.922. The molecule has 2 aromatic rings. The first kappa shape index (κ1) is 15.5. The third-order valence-electron chi connectivity index (χ3n) is 5.45. The summed E-state index contributed by atoms with van der Waals surface area (Å²) in [6.45, 7) is 7.10. The van der Waals surface area contributed by atoms with Crippen LogP contribution in [0.4, 0.5) is 0 Å². The van der Waals surface area contributed by atoms with Gasteiger partial charge in [-0.2, -0.15) is 10.1 Å². The third kappa shape index (κ3) is 2.30. The number of amides is 1. The summed E-state index contributed by atoms with van der Waals surface area (Å²) in [6, 6.07) is 1.80. The van der Waals surface area contributed by atoms with Gasteiger partial charge >= 0.3 is 0 Å². The van der Waals surface area contributed by atoms with Crippen molar-refractivity contribution in [2.75, 3.05) is 13.1 Å². The summed E-state index contributed by atoms with van der Waals surface area (Å²) < 4.78 is 1.68. The van der Waals surface area contributed by atoms with Gasteiger partial charge in [-0.1, -0.05) is 20.8 Å². The first-order chi connectivity index (χ1) is 11.4. The Hall–Kier alpha value is -2.02. The van der Waals surface area contributed by atoms with E-state index in [9.17, 15) is 9.90 Å². The fourth-order valence-electron chi connectivity index (χ4n) is 3.80. The Morgan fingerprint density at radius 2 is 2.17 bits per heavy atom. The minimum Gasteiger partial charge on any atom is -0.387 e. The number of carbonyl (C=O) groups excluding carboxylic acids is 1. The molecule has 1 aliphatic carbocycles. The number of aromatic nitrogens is 4. The lowest BCUT2D eigenvalue weighted by molar-refractivity contribution is -0.00367. The van der Waals surface area contributed by atoms with Crippen LogP contribution in [0.2, 0.25) is 0 Å². The Kier molecular flexibility index (Phi) is 3.38. The summed E-state index contributed by atoms with van der Waals surface area (Å²) in [7, 11) is 0. The van der Waals surface area contributed by atoms with Crippen LogP contribution in [-0.4, -0.2) is 54.2 Å². The topological polar surface area (TPSA) is 83.6 Å². The van der Waals surface area contributed by atoms with Crippen LogP contribution in [0.15, 0.2) is 12.4 Å². The van der Waals surface area contributed by atoms with Crippen LogP contribution >= 0.6 is 0 Å². The molecule has 1 amide bonds. The van der Waals surface area contributed by atoms with E-state index in [1.807, 2.05) is 6.92 Å². The van der Waals surface area contributed by atoms with Crippen molar-refractivity contribution in [1.29, 1.82) is 0 Å². The molecule has 2 aromatic heterocycles. The van der Waals surface area contributed by atoms with Crippen LogP contribution in [0.3, 0.4) is 0 Å². The van der Waals surface area contributed by atoms with E-state index in [0.29, 0.717) is 30.5 Å². The number of fused-ring (bicyclic) bond motifs is 1. The minimum atomic E-state index is -0.741. The van der Waals surface area contributed by atoms with E-state index in [0.717, 1.165) is 18.5 Å². The Bertz CT molecular complexity index is 797. The molecule has 0 bridgehead atoms. The van der Waals surface area contributed by atoms with Gasteiger partial charge in [0, 0.05) is 12.5 Å². The van der Waals surface area contributed by atoms with Gasteiger partial charge < -0.3 is 10.0 Å². The number of rotatable bonds is 3. The summed E-state index contributed by atoms with van der Waals surface area (Å²) >= 11 is 0. The van der Waals surface area contributed by atoms with Crippen LogP contribution in [0.25, 0.3) is 5.78 Å². The number of likely N-dealkylation sites (tertiary alicyclic amines) is 1. The second kappa shape index (κ2) is 5.24. The molecule has 0 unspecified atom stereocenters. The maximum atomic E-state index is 13.0. The number of β-amino-alcohol motifs (C(OH)–C–C–N with tert-alkyl or cyclic N) is 1. The second-order valence-electron chi connectivity index (χ2n) is 7.55. The average Bonchev–Trinajstić information content (AvgIpc) is 3.23. The molecule has 4 rings (SSSR count). The van der Waals surface area contributed by atoms with E-state index in [4.69, 9.17) is 0 Å². The molecule has 1 N–H and O–H groups in total. The molecule has 7 nitrogen and oxygen atoms in total. The van der Waals surface area contributed by atoms with Gasteiger partial charge in [0.25, 0.3) is 11.7 Å². The summed E-state index contributed by atoms with van der Waals surface area (Å²) in [5.41, 5.74) is 0.548. The molecule has 0 spiro atoms. The maximum absolute atomic E-state index is 13.0. The Labute approximate surface area is 140 Å². The number of carbonyl (C=O) groups is 1. The summed E-state index contributed by atoms with van der Waals surface area (Å²) in [4.78, 5) is 23.2. The molecule has 1 saturated carbocycles. The van der Waals surface area contributed by atoms with E-state index in [1.54, 1.807) is 15.5 Å². The Morgan fingerprint density at radius 1 is 1.42 bits per heavy atom. The predicted octanol–water partition coefficient (Wildman–Crippen LogP) is 1.48. The minimum absolute atomic E-state index is 0.0929. The summed E-state index contributed by atoms with van der Waals surface area (Å²) in [5, 5.41) is 15.1. The molecule has 0 aromatic carbocycles. The van der Waals surface area contributed by atoms with Gasteiger partial charge in [0.1, 0.15) is 12.0 Å². The van der Waals surface area contributed by atoms with Gasteiger partial charge in [0.2, 0.25) is 0 Å².